The highest BCUT2D eigenvalue weighted by molar-refractivity contribution is 6.00. The average Bonchev–Trinajstić information content (AvgIpc) is 2.97. The van der Waals surface area contributed by atoms with Crippen molar-refractivity contribution in [2.24, 2.45) is 11.8 Å². The van der Waals surface area contributed by atoms with E-state index in [1.807, 2.05) is 0 Å². The molecular formula is C18H20F4N2O2. The quantitative estimate of drug-likeness (QED) is 0.827. The smallest absolute Gasteiger partial charge is 0.353 e. The van der Waals surface area contributed by atoms with Crippen LogP contribution in [0.15, 0.2) is 24.3 Å². The van der Waals surface area contributed by atoms with E-state index < -0.39 is 23.8 Å². The van der Waals surface area contributed by atoms with Crippen molar-refractivity contribution in [1.82, 2.24) is 5.32 Å². The van der Waals surface area contributed by atoms with E-state index in [0.717, 1.165) is 0 Å². The van der Waals surface area contributed by atoms with E-state index in [2.05, 4.69) is 5.32 Å². The van der Waals surface area contributed by atoms with E-state index in [4.69, 9.17) is 0 Å². The highest BCUT2D eigenvalue weighted by Gasteiger charge is 2.42. The Morgan fingerprint density at radius 3 is 2.38 bits per heavy atom. The second kappa shape index (κ2) is 7.25. The first kappa shape index (κ1) is 18.7. The van der Waals surface area contributed by atoms with Crippen molar-refractivity contribution in [2.45, 2.75) is 44.3 Å². The second-order valence-electron chi connectivity index (χ2n) is 6.96. The fourth-order valence-electron chi connectivity index (χ4n) is 3.67. The summed E-state index contributed by atoms with van der Waals surface area (Å²) in [6.45, 7) is 0.0729. The lowest BCUT2D eigenvalue weighted by Gasteiger charge is -2.30. The first-order valence-corrected chi connectivity index (χ1v) is 8.67. The SMILES string of the molecule is O=C(NC1CCC(C(F)(F)F)CC1)C1CC(=O)N(c2ccccc2F)C1. The van der Waals surface area contributed by atoms with Crippen molar-refractivity contribution < 1.29 is 27.2 Å². The van der Waals surface area contributed by atoms with Crippen LogP contribution in [0.2, 0.25) is 0 Å². The van der Waals surface area contributed by atoms with Gasteiger partial charge in [0.25, 0.3) is 0 Å². The van der Waals surface area contributed by atoms with Gasteiger partial charge in [-0.15, -0.1) is 0 Å². The molecule has 0 spiro atoms. The summed E-state index contributed by atoms with van der Waals surface area (Å²) in [4.78, 5) is 25.8. The number of amides is 2. The van der Waals surface area contributed by atoms with Gasteiger partial charge in [0.15, 0.2) is 0 Å². The van der Waals surface area contributed by atoms with Crippen LogP contribution in [0, 0.1) is 17.7 Å². The summed E-state index contributed by atoms with van der Waals surface area (Å²) < 4.78 is 51.9. The predicted molar refractivity (Wildman–Crippen MR) is 86.8 cm³/mol. The molecule has 8 heteroatoms. The number of benzene rings is 1. The monoisotopic (exact) mass is 372 g/mol. The van der Waals surface area contributed by atoms with Crippen LogP contribution in [-0.2, 0) is 9.59 Å². The van der Waals surface area contributed by atoms with Gasteiger partial charge in [-0.05, 0) is 37.8 Å². The van der Waals surface area contributed by atoms with Crippen molar-refractivity contribution in [3.63, 3.8) is 0 Å². The van der Waals surface area contributed by atoms with E-state index in [1.165, 1.54) is 23.1 Å². The molecule has 1 aromatic carbocycles. The van der Waals surface area contributed by atoms with Crippen molar-refractivity contribution >= 4 is 17.5 Å². The Kier molecular flexibility index (Phi) is 5.20. The molecule has 1 unspecified atom stereocenters. The minimum Gasteiger partial charge on any atom is -0.353 e. The zero-order valence-electron chi connectivity index (χ0n) is 14.1. The molecule has 1 saturated carbocycles. The molecule has 1 atom stereocenters. The van der Waals surface area contributed by atoms with Gasteiger partial charge < -0.3 is 10.2 Å². The highest BCUT2D eigenvalue weighted by atomic mass is 19.4. The third-order valence-corrected chi connectivity index (χ3v) is 5.18. The van der Waals surface area contributed by atoms with Crippen LogP contribution in [0.3, 0.4) is 0 Å². The molecule has 3 rings (SSSR count). The van der Waals surface area contributed by atoms with E-state index in [0.29, 0.717) is 0 Å². The lowest BCUT2D eigenvalue weighted by atomic mass is 9.85. The maximum absolute atomic E-state index is 13.9. The maximum Gasteiger partial charge on any atom is 0.391 e. The Labute approximate surface area is 148 Å². The molecule has 1 saturated heterocycles. The van der Waals surface area contributed by atoms with Gasteiger partial charge >= 0.3 is 6.18 Å². The molecule has 1 N–H and O–H groups in total. The van der Waals surface area contributed by atoms with Gasteiger partial charge in [0.05, 0.1) is 17.5 Å². The highest BCUT2D eigenvalue weighted by Crippen LogP contribution is 2.37. The Morgan fingerprint density at radius 2 is 1.77 bits per heavy atom. The van der Waals surface area contributed by atoms with Gasteiger partial charge in [-0.2, -0.15) is 13.2 Å². The summed E-state index contributed by atoms with van der Waals surface area (Å²) in [6.07, 6.45) is -3.68. The third kappa shape index (κ3) is 3.99. The van der Waals surface area contributed by atoms with Crippen LogP contribution in [-0.4, -0.2) is 30.6 Å². The Bertz CT molecular complexity index is 684. The van der Waals surface area contributed by atoms with E-state index in [1.54, 1.807) is 6.07 Å². The molecule has 26 heavy (non-hydrogen) atoms. The molecule has 1 aliphatic carbocycles. The number of anilines is 1. The standard InChI is InChI=1S/C18H20F4N2O2/c19-14-3-1-2-4-15(14)24-10-11(9-16(24)25)17(26)23-13-7-5-12(6-8-13)18(20,21)22/h1-4,11-13H,5-10H2,(H,23,26). The maximum atomic E-state index is 13.9. The fraction of sp³-hybridized carbons (Fsp3) is 0.556. The molecule has 142 valence electrons. The van der Waals surface area contributed by atoms with Gasteiger partial charge in [-0.25, -0.2) is 4.39 Å². The lowest BCUT2D eigenvalue weighted by molar-refractivity contribution is -0.182. The summed E-state index contributed by atoms with van der Waals surface area (Å²) in [7, 11) is 0. The summed E-state index contributed by atoms with van der Waals surface area (Å²) in [5.74, 6) is -3.15. The zero-order chi connectivity index (χ0) is 18.9. The zero-order valence-corrected chi connectivity index (χ0v) is 14.1. The normalized spacial score (nSPS) is 26.8. The lowest BCUT2D eigenvalue weighted by Crippen LogP contribution is -2.43. The molecule has 0 bridgehead atoms. The molecule has 0 radical (unpaired) electrons. The van der Waals surface area contributed by atoms with Crippen molar-refractivity contribution in [1.29, 1.82) is 0 Å². The van der Waals surface area contributed by atoms with Gasteiger partial charge in [0, 0.05) is 19.0 Å². The summed E-state index contributed by atoms with van der Waals surface area (Å²) >= 11 is 0. The number of halogens is 4. The Balaban J connectivity index is 1.55. The number of alkyl halides is 3. The largest absolute Gasteiger partial charge is 0.391 e. The minimum absolute atomic E-state index is 0.000600. The molecule has 1 aliphatic heterocycles. The van der Waals surface area contributed by atoms with E-state index in [-0.39, 0.29) is 62.2 Å². The molecule has 2 amide bonds. The molecule has 0 aromatic heterocycles. The molecular weight excluding hydrogens is 352 g/mol. The van der Waals surface area contributed by atoms with Crippen LogP contribution >= 0.6 is 0 Å². The second-order valence-corrected chi connectivity index (χ2v) is 6.96. The van der Waals surface area contributed by atoms with Crippen LogP contribution in [0.4, 0.5) is 23.2 Å². The number of hydrogen-bond donors (Lipinski definition) is 1. The summed E-state index contributed by atoms with van der Waals surface area (Å²) in [6, 6.07) is 5.54. The van der Waals surface area contributed by atoms with Gasteiger partial charge in [-0.3, -0.25) is 9.59 Å². The van der Waals surface area contributed by atoms with Crippen LogP contribution in [0.1, 0.15) is 32.1 Å². The Morgan fingerprint density at radius 1 is 1.12 bits per heavy atom. The third-order valence-electron chi connectivity index (χ3n) is 5.18. The first-order chi connectivity index (χ1) is 12.3. The van der Waals surface area contributed by atoms with E-state index >= 15 is 0 Å². The van der Waals surface area contributed by atoms with Gasteiger partial charge in [0.1, 0.15) is 5.82 Å². The van der Waals surface area contributed by atoms with Crippen LogP contribution < -0.4 is 10.2 Å². The number of para-hydroxylation sites is 1. The number of nitrogens with zero attached hydrogens (tertiary/aromatic N) is 1. The molecule has 1 aromatic rings. The van der Waals surface area contributed by atoms with Crippen LogP contribution in [0.25, 0.3) is 0 Å². The molecule has 1 heterocycles. The van der Waals surface area contributed by atoms with Gasteiger partial charge in [-0.1, -0.05) is 12.1 Å². The number of hydrogen-bond acceptors (Lipinski definition) is 2. The fourth-order valence-corrected chi connectivity index (χ4v) is 3.67. The first-order valence-electron chi connectivity index (χ1n) is 8.67. The van der Waals surface area contributed by atoms with Crippen molar-refractivity contribution in [3.05, 3.63) is 30.1 Å². The van der Waals surface area contributed by atoms with E-state index in [9.17, 15) is 27.2 Å². The summed E-state index contributed by atoms with van der Waals surface area (Å²) in [5, 5.41) is 2.76. The molecule has 2 fully saturated rings. The van der Waals surface area contributed by atoms with Gasteiger partial charge in [0.2, 0.25) is 11.8 Å². The Hall–Kier alpha value is -2.12. The van der Waals surface area contributed by atoms with Crippen molar-refractivity contribution in [2.75, 3.05) is 11.4 Å². The molecule has 4 nitrogen and oxygen atoms in total. The average molecular weight is 372 g/mol. The number of carbonyl (C=O) groups excluding carboxylic acids is 2. The number of nitrogens with one attached hydrogen (secondary N) is 1. The number of rotatable bonds is 3. The summed E-state index contributed by atoms with van der Waals surface area (Å²) in [5.41, 5.74) is 0.137. The number of carbonyl (C=O) groups is 2. The molecule has 2 aliphatic rings. The topological polar surface area (TPSA) is 49.4 Å². The van der Waals surface area contributed by atoms with Crippen molar-refractivity contribution in [3.8, 4) is 0 Å². The minimum atomic E-state index is -4.19. The van der Waals surface area contributed by atoms with Crippen LogP contribution in [0.5, 0.6) is 0 Å². The predicted octanol–water partition coefficient (Wildman–Crippen LogP) is 3.42.